The van der Waals surface area contributed by atoms with Crippen molar-refractivity contribution in [3.63, 3.8) is 0 Å². The van der Waals surface area contributed by atoms with Crippen LogP contribution in [0.25, 0.3) is 10.8 Å². The van der Waals surface area contributed by atoms with Gasteiger partial charge in [0.25, 0.3) is 0 Å². The van der Waals surface area contributed by atoms with Crippen LogP contribution in [0.2, 0.25) is 0 Å². The summed E-state index contributed by atoms with van der Waals surface area (Å²) >= 11 is 0. The number of hydrogen-bond donors (Lipinski definition) is 1. The van der Waals surface area contributed by atoms with Gasteiger partial charge < -0.3 is 4.74 Å². The Labute approximate surface area is 154 Å². The minimum atomic E-state index is 0.0637. The fraction of sp³-hybridized carbons (Fsp3) is 0.455. The van der Waals surface area contributed by atoms with E-state index >= 15 is 0 Å². The lowest BCUT2D eigenvalue weighted by Crippen LogP contribution is -2.22. The van der Waals surface area contributed by atoms with Crippen molar-refractivity contribution in [2.75, 3.05) is 6.61 Å². The minimum absolute atomic E-state index is 0.0637. The minimum Gasteiger partial charge on any atom is -0.493 e. The van der Waals surface area contributed by atoms with Gasteiger partial charge >= 0.3 is 0 Å². The first-order valence-corrected chi connectivity index (χ1v) is 9.62. The molecule has 1 amide bonds. The Morgan fingerprint density at radius 3 is 2.92 bits per heavy atom. The van der Waals surface area contributed by atoms with Crippen molar-refractivity contribution in [2.45, 2.75) is 39.5 Å². The third-order valence-electron chi connectivity index (χ3n) is 6.21. The molecule has 0 saturated heterocycles. The molecule has 3 atom stereocenters. The quantitative estimate of drug-likeness (QED) is 0.637. The molecule has 0 heterocycles. The highest BCUT2D eigenvalue weighted by molar-refractivity contribution is 6.02. The maximum Gasteiger partial charge on any atom is 0.244 e. The van der Waals surface area contributed by atoms with Gasteiger partial charge in [-0.05, 0) is 47.9 Å². The van der Waals surface area contributed by atoms with Gasteiger partial charge in [-0.2, -0.15) is 5.10 Å². The fourth-order valence-corrected chi connectivity index (χ4v) is 4.77. The third kappa shape index (κ3) is 2.87. The number of ether oxygens (including phenoxy) is 1. The Balaban J connectivity index is 1.53. The van der Waals surface area contributed by atoms with Crippen molar-refractivity contribution >= 4 is 22.9 Å². The molecule has 2 saturated carbocycles. The van der Waals surface area contributed by atoms with Crippen LogP contribution in [-0.4, -0.2) is 18.7 Å². The Kier molecular flexibility index (Phi) is 4.43. The van der Waals surface area contributed by atoms with Crippen molar-refractivity contribution in [1.82, 2.24) is 5.43 Å². The summed E-state index contributed by atoms with van der Waals surface area (Å²) in [7, 11) is 0. The first-order valence-electron chi connectivity index (χ1n) is 9.62. The topological polar surface area (TPSA) is 50.7 Å². The molecule has 0 unspecified atom stereocenters. The molecular weight excluding hydrogens is 324 g/mol. The van der Waals surface area contributed by atoms with Crippen LogP contribution in [-0.2, 0) is 4.79 Å². The lowest BCUT2D eigenvalue weighted by atomic mass is 9.90. The first-order chi connectivity index (χ1) is 12.6. The monoisotopic (exact) mass is 350 g/mol. The van der Waals surface area contributed by atoms with Crippen LogP contribution in [0.15, 0.2) is 41.5 Å². The Morgan fingerprint density at radius 2 is 2.15 bits per heavy atom. The van der Waals surface area contributed by atoms with Gasteiger partial charge in [0.05, 0.1) is 12.8 Å². The molecule has 2 fully saturated rings. The third-order valence-corrected chi connectivity index (χ3v) is 6.21. The normalized spacial score (nSPS) is 27.3. The van der Waals surface area contributed by atoms with Crippen LogP contribution in [0.4, 0.5) is 0 Å². The van der Waals surface area contributed by atoms with Gasteiger partial charge in [0.2, 0.25) is 5.91 Å². The van der Waals surface area contributed by atoms with Crippen LogP contribution in [0, 0.1) is 17.3 Å². The van der Waals surface area contributed by atoms with Crippen LogP contribution >= 0.6 is 0 Å². The summed E-state index contributed by atoms with van der Waals surface area (Å²) in [6.07, 6.45) is 6.56. The molecule has 136 valence electrons. The second kappa shape index (κ2) is 6.75. The number of rotatable bonds is 5. The van der Waals surface area contributed by atoms with Crippen molar-refractivity contribution in [1.29, 1.82) is 0 Å². The molecule has 1 N–H and O–H groups in total. The second-order valence-corrected chi connectivity index (χ2v) is 7.70. The summed E-state index contributed by atoms with van der Waals surface area (Å²) in [4.78, 5) is 12.6. The maximum atomic E-state index is 12.6. The van der Waals surface area contributed by atoms with E-state index in [0.717, 1.165) is 28.5 Å². The van der Waals surface area contributed by atoms with Gasteiger partial charge in [-0.1, -0.05) is 50.1 Å². The van der Waals surface area contributed by atoms with Gasteiger partial charge in [0.1, 0.15) is 5.75 Å². The average Bonchev–Trinajstić information content (AvgIpc) is 3.29. The van der Waals surface area contributed by atoms with Gasteiger partial charge in [-0.25, -0.2) is 5.43 Å². The second-order valence-electron chi connectivity index (χ2n) is 7.70. The van der Waals surface area contributed by atoms with Gasteiger partial charge in [0, 0.05) is 11.5 Å². The molecule has 0 spiro atoms. The molecule has 4 nitrogen and oxygen atoms in total. The predicted molar refractivity (Wildman–Crippen MR) is 104 cm³/mol. The largest absolute Gasteiger partial charge is 0.493 e. The standard InChI is InChI=1S/C22H26N2O2/c1-3-26-19-12-11-15-8-4-5-9-16(15)17(19)14-23-24-21(25)20-18-10-6-7-13-22(18,20)2/h4-5,8-9,11-12,14,18,20H,3,6-7,10,13H2,1-2H3,(H,24,25)/b23-14-/t18-,20+,22-/m0/s1. The van der Waals surface area contributed by atoms with Crippen LogP contribution < -0.4 is 10.2 Å². The smallest absolute Gasteiger partial charge is 0.244 e. The summed E-state index contributed by atoms with van der Waals surface area (Å²) in [6.45, 7) is 4.81. The van der Waals surface area contributed by atoms with Crippen LogP contribution in [0.1, 0.15) is 45.1 Å². The average molecular weight is 350 g/mol. The lowest BCUT2D eigenvalue weighted by molar-refractivity contribution is -0.123. The molecule has 0 bridgehead atoms. The number of amides is 1. The Hall–Kier alpha value is -2.36. The number of carbonyl (C=O) groups is 1. The summed E-state index contributed by atoms with van der Waals surface area (Å²) in [5.41, 5.74) is 3.89. The fourth-order valence-electron chi connectivity index (χ4n) is 4.77. The molecule has 0 aliphatic heterocycles. The van der Waals surface area contributed by atoms with Crippen LogP contribution in [0.3, 0.4) is 0 Å². The van der Waals surface area contributed by atoms with Gasteiger partial charge in [-0.15, -0.1) is 0 Å². The SMILES string of the molecule is CCOc1ccc2ccccc2c1/C=N\NC(=O)[C@H]1[C@@H]2CCCC[C@@]21C. The molecule has 0 radical (unpaired) electrons. The summed E-state index contributed by atoms with van der Waals surface area (Å²) in [6, 6.07) is 12.1. The number of nitrogens with one attached hydrogen (secondary N) is 1. The number of hydrogen-bond acceptors (Lipinski definition) is 3. The van der Waals surface area contributed by atoms with E-state index in [4.69, 9.17) is 4.74 Å². The van der Waals surface area contributed by atoms with E-state index in [2.05, 4.69) is 29.6 Å². The molecule has 2 aliphatic carbocycles. The molecule has 2 aromatic rings. The molecule has 26 heavy (non-hydrogen) atoms. The predicted octanol–water partition coefficient (Wildman–Crippen LogP) is 4.51. The van der Waals surface area contributed by atoms with E-state index in [1.165, 1.54) is 19.3 Å². The van der Waals surface area contributed by atoms with E-state index in [1.54, 1.807) is 6.21 Å². The number of benzene rings is 2. The molecule has 2 aliphatic rings. The van der Waals surface area contributed by atoms with E-state index in [-0.39, 0.29) is 17.2 Å². The van der Waals surface area contributed by atoms with E-state index in [0.29, 0.717) is 12.5 Å². The maximum absolute atomic E-state index is 12.6. The van der Waals surface area contributed by atoms with E-state index < -0.39 is 0 Å². The summed E-state index contributed by atoms with van der Waals surface area (Å²) in [5, 5.41) is 6.48. The van der Waals surface area contributed by atoms with Crippen molar-refractivity contribution < 1.29 is 9.53 Å². The Bertz CT molecular complexity index is 860. The molecule has 2 aromatic carbocycles. The molecule has 0 aromatic heterocycles. The zero-order valence-electron chi connectivity index (χ0n) is 15.5. The van der Waals surface area contributed by atoms with Gasteiger partial charge in [-0.3, -0.25) is 4.79 Å². The Morgan fingerprint density at radius 1 is 1.31 bits per heavy atom. The first kappa shape index (κ1) is 17.1. The van der Waals surface area contributed by atoms with E-state index in [9.17, 15) is 4.79 Å². The summed E-state index contributed by atoms with van der Waals surface area (Å²) < 4.78 is 5.75. The molecule has 4 rings (SSSR count). The van der Waals surface area contributed by atoms with Crippen molar-refractivity contribution in [3.8, 4) is 5.75 Å². The van der Waals surface area contributed by atoms with Crippen molar-refractivity contribution in [3.05, 3.63) is 42.0 Å². The van der Waals surface area contributed by atoms with Crippen LogP contribution in [0.5, 0.6) is 5.75 Å². The highest BCUT2D eigenvalue weighted by atomic mass is 16.5. The zero-order valence-corrected chi connectivity index (χ0v) is 15.5. The van der Waals surface area contributed by atoms with E-state index in [1.807, 2.05) is 31.2 Å². The highest BCUT2D eigenvalue weighted by Crippen LogP contribution is 2.66. The number of fused-ring (bicyclic) bond motifs is 2. The lowest BCUT2D eigenvalue weighted by Gasteiger charge is -2.15. The summed E-state index contributed by atoms with van der Waals surface area (Å²) in [5.74, 6) is 1.52. The highest BCUT2D eigenvalue weighted by Gasteiger charge is 2.64. The number of nitrogens with zero attached hydrogens (tertiary/aromatic N) is 1. The van der Waals surface area contributed by atoms with Crippen molar-refractivity contribution in [2.24, 2.45) is 22.4 Å². The molecule has 4 heteroatoms. The zero-order chi connectivity index (χ0) is 18.1. The number of hydrazone groups is 1. The van der Waals surface area contributed by atoms with Gasteiger partial charge in [0.15, 0.2) is 0 Å². The molecular formula is C22H26N2O2. The number of carbonyl (C=O) groups excluding carboxylic acids is 1.